The van der Waals surface area contributed by atoms with E-state index in [0.717, 1.165) is 25.7 Å². The third-order valence-corrected chi connectivity index (χ3v) is 8.24. The van der Waals surface area contributed by atoms with Gasteiger partial charge in [0.25, 0.3) is 0 Å². The van der Waals surface area contributed by atoms with Gasteiger partial charge in [-0.25, -0.2) is 0 Å². The van der Waals surface area contributed by atoms with Crippen molar-refractivity contribution in [3.05, 3.63) is 130 Å². The van der Waals surface area contributed by atoms with Gasteiger partial charge < -0.3 is 10.2 Å². The largest absolute Gasteiger partial charge is 0.393 e. The Morgan fingerprint density at radius 3 is 1.19 bits per heavy atom. The molecule has 2 aliphatic rings. The molecule has 0 amide bonds. The second kappa shape index (κ2) is 16.1. The first kappa shape index (κ1) is 35.3. The van der Waals surface area contributed by atoms with Crippen LogP contribution in [0.2, 0.25) is 0 Å². The van der Waals surface area contributed by atoms with Gasteiger partial charge >= 0.3 is 0 Å². The molecule has 228 valence electrons. The molecule has 0 aromatic rings. The first-order valence-corrected chi connectivity index (χ1v) is 15.5. The van der Waals surface area contributed by atoms with Crippen molar-refractivity contribution in [2.24, 2.45) is 10.8 Å². The molecular weight excluding hydrogens is 512 g/mol. The minimum Gasteiger partial charge on any atom is -0.393 e. The van der Waals surface area contributed by atoms with Crippen LogP contribution in [0.4, 0.5) is 0 Å². The van der Waals surface area contributed by atoms with Crippen LogP contribution >= 0.6 is 0 Å². The fraction of sp³-hybridized carbons (Fsp3) is 0.450. The van der Waals surface area contributed by atoms with Crippen molar-refractivity contribution in [3.8, 4) is 0 Å². The molecule has 0 fully saturated rings. The van der Waals surface area contributed by atoms with Crippen molar-refractivity contribution in [2.45, 2.75) is 107 Å². The minimum absolute atomic E-state index is 0.00547. The molecule has 0 bridgehead atoms. The summed E-state index contributed by atoms with van der Waals surface area (Å²) < 4.78 is 0. The Kier molecular flexibility index (Phi) is 13.5. The van der Waals surface area contributed by atoms with Gasteiger partial charge in [-0.1, -0.05) is 146 Å². The summed E-state index contributed by atoms with van der Waals surface area (Å²) in [4.78, 5) is 0. The highest BCUT2D eigenvalue weighted by molar-refractivity contribution is 5.39. The van der Waals surface area contributed by atoms with Crippen LogP contribution in [0.1, 0.15) is 94.9 Å². The van der Waals surface area contributed by atoms with Gasteiger partial charge in [0.2, 0.25) is 0 Å². The second-order valence-electron chi connectivity index (χ2n) is 13.7. The number of allylic oxidation sites excluding steroid dienone is 20. The SMILES string of the molecule is CC1=C(/C=C/C(C)=C/C=C/C(C)=C/C=C/C=C(C)/C=C/C=C(C)/C=C/C2=C(C)CC(O)CC2(C)C)C(C)(C)CC(O)C1. The molecule has 0 heterocycles. The van der Waals surface area contributed by atoms with E-state index in [9.17, 15) is 10.2 Å². The smallest absolute Gasteiger partial charge is 0.0585 e. The monoisotopic (exact) mass is 568 g/mol. The maximum atomic E-state index is 10.1. The maximum absolute atomic E-state index is 10.1. The lowest BCUT2D eigenvalue weighted by atomic mass is 9.71. The minimum atomic E-state index is -0.227. The van der Waals surface area contributed by atoms with Crippen LogP contribution in [0, 0.1) is 10.8 Å². The van der Waals surface area contributed by atoms with E-state index in [4.69, 9.17) is 0 Å². The van der Waals surface area contributed by atoms with Crippen LogP contribution in [0.5, 0.6) is 0 Å². The molecule has 2 unspecified atom stereocenters. The summed E-state index contributed by atoms with van der Waals surface area (Å²) in [5, 5.41) is 20.2. The van der Waals surface area contributed by atoms with Crippen molar-refractivity contribution in [3.63, 3.8) is 0 Å². The third kappa shape index (κ3) is 11.7. The highest BCUT2D eigenvalue weighted by Gasteiger charge is 2.32. The Morgan fingerprint density at radius 2 is 0.857 bits per heavy atom. The van der Waals surface area contributed by atoms with E-state index >= 15 is 0 Å². The molecule has 0 saturated carbocycles. The fourth-order valence-electron chi connectivity index (χ4n) is 6.13. The van der Waals surface area contributed by atoms with Gasteiger partial charge in [-0.15, -0.1) is 0 Å². The van der Waals surface area contributed by atoms with E-state index in [2.05, 4.69) is 154 Å². The Bertz CT molecular complexity index is 1190. The van der Waals surface area contributed by atoms with Crippen LogP contribution in [0.3, 0.4) is 0 Å². The van der Waals surface area contributed by atoms with E-state index in [-0.39, 0.29) is 23.0 Å². The average molecular weight is 569 g/mol. The van der Waals surface area contributed by atoms with Gasteiger partial charge in [-0.2, -0.15) is 0 Å². The van der Waals surface area contributed by atoms with Gasteiger partial charge in [0, 0.05) is 0 Å². The zero-order chi connectivity index (χ0) is 31.5. The standard InChI is InChI=1S/C40H56O2/c1-29(17-13-19-31(3)21-23-37-33(5)25-35(41)27-39(37,7)8)15-11-12-16-30(2)18-14-20-32(4)22-24-38-34(6)26-36(42)28-40(38,9)10/h11-24,35-36,41-42H,25-28H2,1-10H3/b12-11+,17-13+,18-14+,23-21+,24-22+,29-15+,30-16+,31-19+,32-20+. The number of aliphatic hydroxyl groups excluding tert-OH is 2. The van der Waals surface area contributed by atoms with Gasteiger partial charge in [-0.05, 0) is 89.2 Å². The molecule has 0 radical (unpaired) electrons. The summed E-state index contributed by atoms with van der Waals surface area (Å²) in [5.41, 5.74) is 10.1. The Morgan fingerprint density at radius 1 is 0.548 bits per heavy atom. The van der Waals surface area contributed by atoms with Crippen molar-refractivity contribution in [1.82, 2.24) is 0 Å². The zero-order valence-corrected chi connectivity index (χ0v) is 28.0. The zero-order valence-electron chi connectivity index (χ0n) is 28.0. The van der Waals surface area contributed by atoms with E-state index in [0.29, 0.717) is 0 Å². The van der Waals surface area contributed by atoms with E-state index in [1.54, 1.807) is 0 Å². The van der Waals surface area contributed by atoms with Crippen molar-refractivity contribution in [2.75, 3.05) is 0 Å². The third-order valence-electron chi connectivity index (χ3n) is 8.24. The van der Waals surface area contributed by atoms with Gasteiger partial charge in [0.1, 0.15) is 0 Å². The molecule has 0 spiro atoms. The van der Waals surface area contributed by atoms with Crippen molar-refractivity contribution in [1.29, 1.82) is 0 Å². The van der Waals surface area contributed by atoms with Gasteiger partial charge in [0.15, 0.2) is 0 Å². The highest BCUT2D eigenvalue weighted by atomic mass is 16.3. The van der Waals surface area contributed by atoms with Crippen molar-refractivity contribution >= 4 is 0 Å². The summed E-state index contributed by atoms with van der Waals surface area (Å²) in [6.07, 6.45) is 32.6. The molecule has 2 nitrogen and oxygen atoms in total. The van der Waals surface area contributed by atoms with E-state index < -0.39 is 0 Å². The summed E-state index contributed by atoms with van der Waals surface area (Å²) in [6, 6.07) is 0. The molecule has 0 saturated heterocycles. The lowest BCUT2D eigenvalue weighted by Gasteiger charge is -2.35. The topological polar surface area (TPSA) is 40.5 Å². The summed E-state index contributed by atoms with van der Waals surface area (Å²) >= 11 is 0. The molecule has 2 rings (SSSR count). The van der Waals surface area contributed by atoms with Crippen LogP contribution in [0.15, 0.2) is 130 Å². The first-order chi connectivity index (χ1) is 19.6. The van der Waals surface area contributed by atoms with E-state index in [1.165, 1.54) is 44.6 Å². The molecule has 0 aromatic carbocycles. The number of hydrogen-bond donors (Lipinski definition) is 2. The van der Waals surface area contributed by atoms with Gasteiger partial charge in [0.05, 0.1) is 12.2 Å². The fourth-order valence-corrected chi connectivity index (χ4v) is 6.13. The van der Waals surface area contributed by atoms with Gasteiger partial charge in [-0.3, -0.25) is 0 Å². The highest BCUT2D eigenvalue weighted by Crippen LogP contribution is 2.42. The average Bonchev–Trinajstić information content (AvgIpc) is 2.84. The predicted molar refractivity (Wildman–Crippen MR) is 184 cm³/mol. The molecule has 0 aliphatic heterocycles. The molecule has 42 heavy (non-hydrogen) atoms. The van der Waals surface area contributed by atoms with Crippen LogP contribution in [-0.4, -0.2) is 22.4 Å². The van der Waals surface area contributed by atoms with Crippen LogP contribution in [-0.2, 0) is 0 Å². The normalized spacial score (nSPS) is 25.0. The summed E-state index contributed by atoms with van der Waals surface area (Å²) in [7, 11) is 0. The molecular formula is C40H56O2. The molecule has 2 heteroatoms. The second-order valence-corrected chi connectivity index (χ2v) is 13.7. The summed E-state index contributed by atoms with van der Waals surface area (Å²) in [6.45, 7) is 21.6. The first-order valence-electron chi connectivity index (χ1n) is 15.5. The maximum Gasteiger partial charge on any atom is 0.0585 e. The molecule has 2 N–H and O–H groups in total. The van der Waals surface area contributed by atoms with E-state index in [1.807, 2.05) is 0 Å². The molecule has 2 atom stereocenters. The molecule has 2 aliphatic carbocycles. The Balaban J connectivity index is 1.90. The lowest BCUT2D eigenvalue weighted by molar-refractivity contribution is 0.116. The Hall–Kier alpha value is -2.94. The van der Waals surface area contributed by atoms with Crippen molar-refractivity contribution < 1.29 is 10.2 Å². The van der Waals surface area contributed by atoms with Crippen LogP contribution < -0.4 is 0 Å². The Labute approximate surface area is 257 Å². The lowest BCUT2D eigenvalue weighted by Crippen LogP contribution is -2.28. The van der Waals surface area contributed by atoms with Crippen LogP contribution in [0.25, 0.3) is 0 Å². The quantitative estimate of drug-likeness (QED) is 0.257. The number of hydrogen-bond acceptors (Lipinski definition) is 2. The summed E-state index contributed by atoms with van der Waals surface area (Å²) in [5.74, 6) is 0. The predicted octanol–water partition coefficient (Wildman–Crippen LogP) is 10.5. The number of aliphatic hydroxyl groups is 2. The molecule has 0 aromatic heterocycles. The number of rotatable bonds is 10.